The van der Waals surface area contributed by atoms with Gasteiger partial charge in [0.1, 0.15) is 6.61 Å². The number of ether oxygens (including phenoxy) is 1. The maximum atomic E-state index is 12.6. The minimum Gasteiger partial charge on any atom is -0.446 e. The van der Waals surface area contributed by atoms with Gasteiger partial charge < -0.3 is 10.1 Å². The molecule has 29 heavy (non-hydrogen) atoms. The van der Waals surface area contributed by atoms with Crippen LogP contribution in [0.4, 0.5) is 23.7 Å². The van der Waals surface area contributed by atoms with Crippen molar-refractivity contribution < 1.29 is 27.5 Å². The lowest BCUT2D eigenvalue weighted by Crippen LogP contribution is -2.49. The Bertz CT molecular complexity index is 925. The maximum Gasteiger partial charge on any atom is 0.416 e. The lowest BCUT2D eigenvalue weighted by molar-refractivity contribution is -0.137. The average molecular weight is 426 g/mol. The largest absolute Gasteiger partial charge is 0.446 e. The third-order valence-electron chi connectivity index (χ3n) is 3.69. The Hall–Kier alpha value is -3.25. The van der Waals surface area contributed by atoms with Crippen LogP contribution in [-0.2, 0) is 10.9 Å². The number of carbonyl (C=O) groups is 2. The van der Waals surface area contributed by atoms with Crippen LogP contribution >= 0.6 is 11.6 Å². The van der Waals surface area contributed by atoms with Crippen LogP contribution in [0.5, 0.6) is 0 Å². The number of amides is 2. The molecule has 6 nitrogen and oxygen atoms in total. The molecule has 0 saturated carbocycles. The Kier molecular flexibility index (Phi) is 6.72. The number of benzene rings is 2. The van der Waals surface area contributed by atoms with Crippen LogP contribution in [0.1, 0.15) is 22.8 Å². The molecule has 152 valence electrons. The van der Waals surface area contributed by atoms with Gasteiger partial charge in [0.05, 0.1) is 11.6 Å². The fourth-order valence-electron chi connectivity index (χ4n) is 2.13. The van der Waals surface area contributed by atoms with Crippen LogP contribution < -0.4 is 10.6 Å². The minimum atomic E-state index is -4.53. The number of rotatable bonds is 5. The molecule has 2 amide bonds. The Morgan fingerprint density at radius 1 is 1.10 bits per heavy atom. The number of anilines is 1. The van der Waals surface area contributed by atoms with Crippen molar-refractivity contribution in [3.63, 3.8) is 0 Å². The number of alkyl halides is 3. The van der Waals surface area contributed by atoms with Crippen LogP contribution in [-0.4, -0.2) is 24.1 Å². The Morgan fingerprint density at radius 2 is 1.69 bits per heavy atom. The number of halogens is 4. The molecule has 0 aromatic heterocycles. The van der Waals surface area contributed by atoms with Gasteiger partial charge in [0.2, 0.25) is 0 Å². The third kappa shape index (κ3) is 6.40. The second-order valence-electron chi connectivity index (χ2n) is 6.18. The van der Waals surface area contributed by atoms with E-state index in [9.17, 15) is 28.0 Å². The van der Waals surface area contributed by atoms with Gasteiger partial charge in [-0.3, -0.25) is 10.1 Å². The number of nitriles is 1. The van der Waals surface area contributed by atoms with E-state index in [4.69, 9.17) is 16.3 Å². The van der Waals surface area contributed by atoms with Crippen LogP contribution in [0, 0.1) is 11.3 Å². The normalized spacial score (nSPS) is 13.0. The van der Waals surface area contributed by atoms with Gasteiger partial charge in [0.15, 0.2) is 5.54 Å². The van der Waals surface area contributed by atoms with Gasteiger partial charge >= 0.3 is 12.3 Å². The van der Waals surface area contributed by atoms with Gasteiger partial charge in [-0.2, -0.15) is 18.4 Å². The van der Waals surface area contributed by atoms with Crippen molar-refractivity contribution in [3.05, 3.63) is 64.7 Å². The summed E-state index contributed by atoms with van der Waals surface area (Å²) >= 11 is 5.74. The molecule has 2 N–H and O–H groups in total. The van der Waals surface area contributed by atoms with Gasteiger partial charge in [-0.1, -0.05) is 11.6 Å². The smallest absolute Gasteiger partial charge is 0.416 e. The first-order valence-electron chi connectivity index (χ1n) is 8.13. The summed E-state index contributed by atoms with van der Waals surface area (Å²) in [5.41, 5.74) is -2.17. The molecule has 0 radical (unpaired) electrons. The zero-order valence-electron chi connectivity index (χ0n) is 15.0. The first-order chi connectivity index (χ1) is 13.5. The molecule has 1 unspecified atom stereocenters. The summed E-state index contributed by atoms with van der Waals surface area (Å²) in [5, 5.41) is 14.6. The molecule has 0 saturated heterocycles. The van der Waals surface area contributed by atoms with Crippen molar-refractivity contribution in [1.82, 2.24) is 5.32 Å². The lowest BCUT2D eigenvalue weighted by Gasteiger charge is -2.23. The number of hydrogen-bond acceptors (Lipinski definition) is 4. The van der Waals surface area contributed by atoms with Gasteiger partial charge in [-0.05, 0) is 55.5 Å². The molecule has 0 aliphatic rings. The third-order valence-corrected chi connectivity index (χ3v) is 3.95. The monoisotopic (exact) mass is 425 g/mol. The fourth-order valence-corrected chi connectivity index (χ4v) is 2.25. The van der Waals surface area contributed by atoms with Crippen LogP contribution in [0.15, 0.2) is 48.5 Å². The minimum absolute atomic E-state index is 0.0786. The van der Waals surface area contributed by atoms with E-state index in [1.807, 2.05) is 6.07 Å². The van der Waals surface area contributed by atoms with Crippen molar-refractivity contribution in [2.75, 3.05) is 11.9 Å². The van der Waals surface area contributed by atoms with Gasteiger partial charge in [0, 0.05) is 16.3 Å². The summed E-state index contributed by atoms with van der Waals surface area (Å²) in [4.78, 5) is 24.1. The average Bonchev–Trinajstić information content (AvgIpc) is 2.67. The summed E-state index contributed by atoms with van der Waals surface area (Å²) in [5.74, 6) is -0.788. The van der Waals surface area contributed by atoms with Crippen molar-refractivity contribution >= 4 is 29.3 Å². The lowest BCUT2D eigenvalue weighted by atomic mass is 10.0. The highest BCUT2D eigenvalue weighted by molar-refractivity contribution is 6.30. The Morgan fingerprint density at radius 3 is 2.21 bits per heavy atom. The zero-order chi connectivity index (χ0) is 21.7. The molecule has 2 aromatic carbocycles. The number of hydrogen-bond donors (Lipinski definition) is 2. The van der Waals surface area contributed by atoms with Crippen molar-refractivity contribution in [2.24, 2.45) is 0 Å². The zero-order valence-corrected chi connectivity index (χ0v) is 15.8. The number of nitrogens with one attached hydrogen (secondary N) is 2. The topological polar surface area (TPSA) is 91.2 Å². The first kappa shape index (κ1) is 22.0. The molecule has 0 spiro atoms. The molecule has 0 aliphatic carbocycles. The molecular formula is C19H15ClF3N3O3. The predicted molar refractivity (Wildman–Crippen MR) is 99.4 cm³/mol. The SMILES string of the molecule is CC(C#N)(COC(=O)Nc1ccc(Cl)cc1)NC(=O)c1ccc(C(F)(F)F)cc1. The van der Waals surface area contributed by atoms with E-state index in [-0.39, 0.29) is 5.56 Å². The molecule has 10 heteroatoms. The second kappa shape index (κ2) is 8.84. The highest BCUT2D eigenvalue weighted by atomic mass is 35.5. The van der Waals surface area contributed by atoms with Gasteiger partial charge in [0.25, 0.3) is 5.91 Å². The Labute approximate surface area is 169 Å². The number of nitrogens with zero attached hydrogens (tertiary/aromatic N) is 1. The molecule has 0 bridgehead atoms. The van der Waals surface area contributed by atoms with Crippen molar-refractivity contribution in [2.45, 2.75) is 18.6 Å². The summed E-state index contributed by atoms with van der Waals surface area (Å²) in [6, 6.07) is 11.5. The van der Waals surface area contributed by atoms with E-state index in [2.05, 4.69) is 10.6 Å². The maximum absolute atomic E-state index is 12.6. The van der Waals surface area contributed by atoms with Crippen LogP contribution in [0.25, 0.3) is 0 Å². The highest BCUT2D eigenvalue weighted by Gasteiger charge is 2.31. The van der Waals surface area contributed by atoms with E-state index >= 15 is 0 Å². The van der Waals surface area contributed by atoms with E-state index in [1.165, 1.54) is 6.92 Å². The van der Waals surface area contributed by atoms with Crippen LogP contribution in [0.2, 0.25) is 5.02 Å². The summed E-state index contributed by atoms with van der Waals surface area (Å²) in [6.45, 7) is 0.819. The summed E-state index contributed by atoms with van der Waals surface area (Å²) in [6.07, 6.45) is -5.39. The molecule has 0 fully saturated rings. The van der Waals surface area contributed by atoms with Gasteiger partial charge in [-0.25, -0.2) is 4.79 Å². The molecule has 2 aromatic rings. The summed E-state index contributed by atoms with van der Waals surface area (Å²) in [7, 11) is 0. The molecule has 1 atom stereocenters. The van der Waals surface area contributed by atoms with E-state index in [0.717, 1.165) is 24.3 Å². The molecule has 0 heterocycles. The summed E-state index contributed by atoms with van der Waals surface area (Å²) < 4.78 is 42.7. The highest BCUT2D eigenvalue weighted by Crippen LogP contribution is 2.29. The van der Waals surface area contributed by atoms with E-state index in [0.29, 0.717) is 10.7 Å². The van der Waals surface area contributed by atoms with E-state index < -0.39 is 35.9 Å². The predicted octanol–water partition coefficient (Wildman–Crippen LogP) is 4.62. The Balaban J connectivity index is 1.96. The molecule has 0 aliphatic heterocycles. The molecule has 2 rings (SSSR count). The van der Waals surface area contributed by atoms with E-state index in [1.54, 1.807) is 24.3 Å². The fraction of sp³-hybridized carbons (Fsp3) is 0.211. The number of carbonyl (C=O) groups excluding carboxylic acids is 2. The van der Waals surface area contributed by atoms with Crippen molar-refractivity contribution in [1.29, 1.82) is 5.26 Å². The first-order valence-corrected chi connectivity index (χ1v) is 8.50. The standard InChI is InChI=1S/C19H15ClF3N3O3/c1-18(10-24,11-29-17(28)25-15-8-6-14(20)7-9-15)26-16(27)12-2-4-13(5-3-12)19(21,22)23/h2-9H,11H2,1H3,(H,25,28)(H,26,27). The van der Waals surface area contributed by atoms with Crippen LogP contribution in [0.3, 0.4) is 0 Å². The second-order valence-corrected chi connectivity index (χ2v) is 6.62. The molecular weight excluding hydrogens is 411 g/mol. The van der Waals surface area contributed by atoms with Gasteiger partial charge in [-0.15, -0.1) is 0 Å². The van der Waals surface area contributed by atoms with Crippen molar-refractivity contribution in [3.8, 4) is 6.07 Å². The quantitative estimate of drug-likeness (QED) is 0.731.